The number of hydrogen-bond donors (Lipinski definition) is 3. The number of imidazole rings is 1. The molecule has 5 aromatic rings. The molecule has 0 aliphatic heterocycles. The van der Waals surface area contributed by atoms with Gasteiger partial charge in [-0.2, -0.15) is 0 Å². The van der Waals surface area contributed by atoms with E-state index in [2.05, 4.69) is 10.1 Å². The number of nitrogens with zero attached hydrogens (tertiary/aromatic N) is 2. The molecule has 152 valence electrons. The van der Waals surface area contributed by atoms with Crippen molar-refractivity contribution in [3.8, 4) is 33.9 Å². The number of H-pyrrole nitrogens is 1. The maximum atomic E-state index is 12.0. The van der Waals surface area contributed by atoms with Crippen molar-refractivity contribution in [2.24, 2.45) is 0 Å². The van der Waals surface area contributed by atoms with E-state index in [1.54, 1.807) is 42.6 Å². The molecule has 2 aromatic heterocycles. The zero-order chi connectivity index (χ0) is 21.4. The van der Waals surface area contributed by atoms with E-state index in [9.17, 15) is 9.90 Å². The molecule has 0 spiro atoms. The molecule has 0 unspecified atom stereocenters. The number of carboxylic acid groups (broad SMARTS) is 1. The maximum Gasteiger partial charge on any atom is 0.356 e. The molecule has 0 radical (unpaired) electrons. The highest BCUT2D eigenvalue weighted by Gasteiger charge is 2.23. The lowest BCUT2D eigenvalue weighted by atomic mass is 10.1. The van der Waals surface area contributed by atoms with E-state index in [-0.39, 0.29) is 5.69 Å². The zero-order valence-electron chi connectivity index (χ0n) is 16.3. The van der Waals surface area contributed by atoms with Crippen LogP contribution >= 0.6 is 0 Å². The summed E-state index contributed by atoms with van der Waals surface area (Å²) in [4.78, 5) is 16.7. The van der Waals surface area contributed by atoms with Crippen LogP contribution in [0.1, 0.15) is 10.5 Å². The van der Waals surface area contributed by atoms with Gasteiger partial charge in [0.25, 0.3) is 0 Å². The van der Waals surface area contributed by atoms with Gasteiger partial charge in [0.2, 0.25) is 0 Å². The molecule has 0 amide bonds. The monoisotopic (exact) mass is 410 g/mol. The highest BCUT2D eigenvalue weighted by molar-refractivity contribution is 5.96. The van der Waals surface area contributed by atoms with Crippen LogP contribution in [0.3, 0.4) is 0 Å². The number of anilines is 1. The predicted molar refractivity (Wildman–Crippen MR) is 118 cm³/mol. The second kappa shape index (κ2) is 7.38. The van der Waals surface area contributed by atoms with Crippen LogP contribution in [0.5, 0.6) is 11.5 Å². The maximum absolute atomic E-state index is 12.0. The van der Waals surface area contributed by atoms with E-state index >= 15 is 0 Å². The number of hydrogen-bond acceptors (Lipinski definition) is 4. The molecule has 0 aliphatic carbocycles. The summed E-state index contributed by atoms with van der Waals surface area (Å²) in [5.74, 6) is 0.307. The van der Waals surface area contributed by atoms with Crippen molar-refractivity contribution in [3.05, 3.63) is 90.8 Å². The fourth-order valence-corrected chi connectivity index (χ4v) is 3.50. The second-order valence-electron chi connectivity index (χ2n) is 7.02. The second-order valence-corrected chi connectivity index (χ2v) is 7.02. The number of aromatic amines is 1. The number of aromatic nitrogens is 3. The van der Waals surface area contributed by atoms with Crippen LogP contribution in [-0.4, -0.2) is 25.7 Å². The summed E-state index contributed by atoms with van der Waals surface area (Å²) >= 11 is 0. The molecule has 5 rings (SSSR count). The molecule has 2 heterocycles. The van der Waals surface area contributed by atoms with Gasteiger partial charge in [-0.05, 0) is 54.1 Å². The van der Waals surface area contributed by atoms with Gasteiger partial charge in [-0.3, -0.25) is 5.10 Å². The minimum absolute atomic E-state index is 0.0634. The van der Waals surface area contributed by atoms with Crippen molar-refractivity contribution in [3.63, 3.8) is 0 Å². The largest absolute Gasteiger partial charge is 0.476 e. The molecule has 0 atom stereocenters. The number of nitrogens with two attached hydrogens (primary N) is 1. The Bertz CT molecular complexity index is 1370. The first-order valence-electron chi connectivity index (χ1n) is 9.62. The van der Waals surface area contributed by atoms with E-state index < -0.39 is 5.97 Å². The van der Waals surface area contributed by atoms with Gasteiger partial charge >= 0.3 is 5.97 Å². The SMILES string of the molecule is Nc1ccc(-c2c[nH]n3c(C(=O)O)c(-c4ccc(Oc5ccccc5)cc4)nc23)cc1. The number of benzene rings is 3. The van der Waals surface area contributed by atoms with E-state index in [4.69, 9.17) is 10.5 Å². The Morgan fingerprint density at radius 3 is 2.23 bits per heavy atom. The Labute approximate surface area is 177 Å². The van der Waals surface area contributed by atoms with Crippen LogP contribution in [0.15, 0.2) is 85.1 Å². The standard InChI is InChI=1S/C24H18N4O3/c25-17-10-6-15(7-11-17)20-14-26-28-22(24(29)30)21(27-23(20)28)16-8-12-19(13-9-16)31-18-4-2-1-3-5-18/h1-14,26H,25H2,(H,29,30). The van der Waals surface area contributed by atoms with Gasteiger partial charge in [-0.15, -0.1) is 0 Å². The van der Waals surface area contributed by atoms with Gasteiger partial charge < -0.3 is 15.6 Å². The van der Waals surface area contributed by atoms with Gasteiger partial charge in [-0.25, -0.2) is 14.3 Å². The number of para-hydroxylation sites is 1. The number of ether oxygens (including phenoxy) is 1. The van der Waals surface area contributed by atoms with Gasteiger partial charge in [-0.1, -0.05) is 30.3 Å². The first kappa shape index (κ1) is 18.5. The van der Waals surface area contributed by atoms with Crippen LogP contribution in [0, 0.1) is 0 Å². The minimum atomic E-state index is -1.07. The highest BCUT2D eigenvalue weighted by Crippen LogP contribution is 2.32. The van der Waals surface area contributed by atoms with Crippen molar-refractivity contribution in [2.75, 3.05) is 5.73 Å². The summed E-state index contributed by atoms with van der Waals surface area (Å²) < 4.78 is 7.30. The summed E-state index contributed by atoms with van der Waals surface area (Å²) in [6.07, 6.45) is 1.74. The van der Waals surface area contributed by atoms with Crippen LogP contribution < -0.4 is 10.5 Å². The summed E-state index contributed by atoms with van der Waals surface area (Å²) in [6, 6.07) is 24.0. The number of carbonyl (C=O) groups is 1. The molecule has 4 N–H and O–H groups in total. The summed E-state index contributed by atoms with van der Waals surface area (Å²) in [5.41, 5.74) is 9.76. The van der Waals surface area contributed by atoms with Crippen LogP contribution in [0.2, 0.25) is 0 Å². The van der Waals surface area contributed by atoms with Crippen molar-refractivity contribution in [2.45, 2.75) is 0 Å². The normalized spacial score (nSPS) is 11.0. The highest BCUT2D eigenvalue weighted by atomic mass is 16.5. The Morgan fingerprint density at radius 2 is 1.55 bits per heavy atom. The quantitative estimate of drug-likeness (QED) is 0.351. The van der Waals surface area contributed by atoms with Crippen LogP contribution in [-0.2, 0) is 0 Å². The van der Waals surface area contributed by atoms with Gasteiger partial charge in [0.15, 0.2) is 11.3 Å². The Balaban J connectivity index is 1.55. The Morgan fingerprint density at radius 1 is 0.903 bits per heavy atom. The molecule has 0 fully saturated rings. The molecule has 0 saturated carbocycles. The molecule has 3 aromatic carbocycles. The van der Waals surface area contributed by atoms with E-state index in [0.717, 1.165) is 16.9 Å². The third kappa shape index (κ3) is 3.38. The van der Waals surface area contributed by atoms with Gasteiger partial charge in [0.05, 0.1) is 0 Å². The third-order valence-corrected chi connectivity index (χ3v) is 4.99. The van der Waals surface area contributed by atoms with E-state index in [1.807, 2.05) is 42.5 Å². The predicted octanol–water partition coefficient (Wildman–Crippen LogP) is 5.07. The fourth-order valence-electron chi connectivity index (χ4n) is 3.50. The smallest absolute Gasteiger partial charge is 0.356 e. The molecular weight excluding hydrogens is 392 g/mol. The van der Waals surface area contributed by atoms with Crippen molar-refractivity contribution < 1.29 is 14.6 Å². The number of rotatable bonds is 5. The lowest BCUT2D eigenvalue weighted by Gasteiger charge is -2.06. The first-order valence-corrected chi connectivity index (χ1v) is 9.62. The number of aromatic carboxylic acids is 1. The van der Waals surface area contributed by atoms with E-state index in [1.165, 1.54) is 4.52 Å². The molecule has 0 aliphatic rings. The molecule has 0 saturated heterocycles. The lowest BCUT2D eigenvalue weighted by Crippen LogP contribution is -2.04. The lowest BCUT2D eigenvalue weighted by molar-refractivity contribution is 0.0689. The number of fused-ring (bicyclic) bond motifs is 1. The topological polar surface area (TPSA) is 106 Å². The van der Waals surface area contributed by atoms with Crippen molar-refractivity contribution in [1.29, 1.82) is 0 Å². The summed E-state index contributed by atoms with van der Waals surface area (Å²) in [6.45, 7) is 0. The summed E-state index contributed by atoms with van der Waals surface area (Å²) in [7, 11) is 0. The molecular formula is C24H18N4O3. The zero-order valence-corrected chi connectivity index (χ0v) is 16.3. The Kier molecular flexibility index (Phi) is 4.41. The Hall–Kier alpha value is -4.52. The third-order valence-electron chi connectivity index (χ3n) is 4.99. The molecule has 31 heavy (non-hydrogen) atoms. The first-order chi connectivity index (χ1) is 15.1. The molecule has 7 nitrogen and oxygen atoms in total. The minimum Gasteiger partial charge on any atom is -0.476 e. The van der Waals surface area contributed by atoms with Gasteiger partial charge in [0, 0.05) is 23.0 Å². The van der Waals surface area contributed by atoms with Crippen molar-refractivity contribution >= 4 is 17.3 Å². The van der Waals surface area contributed by atoms with E-state index in [0.29, 0.717) is 28.3 Å². The number of nitrogens with one attached hydrogen (secondary N) is 1. The average Bonchev–Trinajstić information content (AvgIpc) is 3.35. The fraction of sp³-hybridized carbons (Fsp3) is 0. The van der Waals surface area contributed by atoms with Crippen LogP contribution in [0.25, 0.3) is 28.0 Å². The average molecular weight is 410 g/mol. The van der Waals surface area contributed by atoms with Gasteiger partial charge in [0.1, 0.15) is 17.2 Å². The summed E-state index contributed by atoms with van der Waals surface area (Å²) in [5, 5.41) is 12.9. The molecule has 7 heteroatoms. The number of nitrogen functional groups attached to an aromatic ring is 1. The number of carboxylic acids is 1. The van der Waals surface area contributed by atoms with Crippen LogP contribution in [0.4, 0.5) is 5.69 Å². The molecule has 0 bridgehead atoms. The van der Waals surface area contributed by atoms with Crippen molar-refractivity contribution in [1.82, 2.24) is 14.6 Å².